The molecule has 3 rings (SSSR count). The molecule has 0 aliphatic rings. The van der Waals surface area contributed by atoms with Crippen molar-refractivity contribution >= 4 is 11.0 Å². The maximum absolute atomic E-state index is 13.0. The van der Waals surface area contributed by atoms with E-state index in [4.69, 9.17) is 0 Å². The van der Waals surface area contributed by atoms with Crippen LogP contribution in [0.15, 0.2) is 47.5 Å². The Morgan fingerprint density at radius 3 is 2.94 bits per heavy atom. The Morgan fingerprint density at radius 1 is 1.29 bits per heavy atom. The summed E-state index contributed by atoms with van der Waals surface area (Å²) in [5, 5.41) is 0. The van der Waals surface area contributed by atoms with Gasteiger partial charge in [-0.05, 0) is 30.3 Å². The Hall–Kier alpha value is -2.43. The summed E-state index contributed by atoms with van der Waals surface area (Å²) in [6, 6.07) is 7.69. The first-order valence-electron chi connectivity index (χ1n) is 5.06. The van der Waals surface area contributed by atoms with E-state index >= 15 is 0 Å². The summed E-state index contributed by atoms with van der Waals surface area (Å²) in [4.78, 5) is 18.4. The number of fused-ring (bicyclic) bond motifs is 1. The van der Waals surface area contributed by atoms with Crippen molar-refractivity contribution in [3.05, 3.63) is 59.0 Å². The molecule has 0 saturated heterocycles. The van der Waals surface area contributed by atoms with Crippen LogP contribution in [0.1, 0.15) is 0 Å². The zero-order valence-corrected chi connectivity index (χ0v) is 8.72. The van der Waals surface area contributed by atoms with Crippen LogP contribution >= 0.6 is 0 Å². The Kier molecular flexibility index (Phi) is 2.04. The monoisotopic (exact) mass is 229 g/mol. The highest BCUT2D eigenvalue weighted by Gasteiger charge is 2.08. The summed E-state index contributed by atoms with van der Waals surface area (Å²) in [5.74, 6) is -0.378. The fraction of sp³-hybridized carbons (Fsp3) is 0. The second-order valence-corrected chi connectivity index (χ2v) is 3.64. The van der Waals surface area contributed by atoms with Crippen LogP contribution in [0.3, 0.4) is 0 Å². The fourth-order valence-electron chi connectivity index (χ4n) is 1.83. The van der Waals surface area contributed by atoms with E-state index in [-0.39, 0.29) is 11.5 Å². The second kappa shape index (κ2) is 3.55. The van der Waals surface area contributed by atoms with Crippen molar-refractivity contribution in [2.75, 3.05) is 0 Å². The summed E-state index contributed by atoms with van der Waals surface area (Å²) < 4.78 is 14.5. The number of hydrogen-bond acceptors (Lipinski definition) is 2. The minimum atomic E-state index is -0.378. The first-order valence-corrected chi connectivity index (χ1v) is 5.06. The van der Waals surface area contributed by atoms with Crippen LogP contribution < -0.4 is 5.69 Å². The molecular formula is C12H8FN3O. The van der Waals surface area contributed by atoms with Crippen LogP contribution in [0.5, 0.6) is 0 Å². The van der Waals surface area contributed by atoms with E-state index in [0.717, 1.165) is 0 Å². The molecule has 3 aromatic rings. The van der Waals surface area contributed by atoms with Gasteiger partial charge in [-0.3, -0.25) is 9.55 Å². The van der Waals surface area contributed by atoms with Crippen molar-refractivity contribution in [1.82, 2.24) is 14.5 Å². The number of nitrogens with zero attached hydrogens (tertiary/aromatic N) is 2. The van der Waals surface area contributed by atoms with Crippen molar-refractivity contribution in [2.24, 2.45) is 0 Å². The van der Waals surface area contributed by atoms with Gasteiger partial charge < -0.3 is 4.98 Å². The van der Waals surface area contributed by atoms with E-state index in [1.165, 1.54) is 16.7 Å². The predicted octanol–water partition coefficient (Wildman–Crippen LogP) is 1.85. The van der Waals surface area contributed by atoms with Gasteiger partial charge in [0.25, 0.3) is 0 Å². The number of aromatic amines is 1. The predicted molar refractivity (Wildman–Crippen MR) is 61.6 cm³/mol. The molecule has 0 saturated carbocycles. The average Bonchev–Trinajstić information content (AvgIpc) is 2.65. The third kappa shape index (κ3) is 1.52. The molecule has 1 aromatic carbocycles. The summed E-state index contributed by atoms with van der Waals surface area (Å²) in [6.45, 7) is 0. The standard InChI is InChI=1S/C12H8FN3O/c13-8-3-4-11-10(6-8)15-12(17)16(11)9-2-1-5-14-7-9/h1-7H,(H,15,17). The number of rotatable bonds is 1. The number of aromatic nitrogens is 3. The van der Waals surface area contributed by atoms with Crippen LogP contribution in [-0.4, -0.2) is 14.5 Å². The Balaban J connectivity index is 2.37. The molecule has 0 fully saturated rings. The van der Waals surface area contributed by atoms with Crippen LogP contribution in [0.4, 0.5) is 4.39 Å². The lowest BCUT2D eigenvalue weighted by Gasteiger charge is -2.01. The van der Waals surface area contributed by atoms with Crippen LogP contribution in [-0.2, 0) is 0 Å². The lowest BCUT2D eigenvalue weighted by atomic mass is 10.3. The quantitative estimate of drug-likeness (QED) is 0.692. The number of nitrogens with one attached hydrogen (secondary N) is 1. The van der Waals surface area contributed by atoms with Gasteiger partial charge in [0.1, 0.15) is 5.82 Å². The zero-order valence-electron chi connectivity index (χ0n) is 8.72. The maximum atomic E-state index is 13.0. The van der Waals surface area contributed by atoms with Gasteiger partial charge in [0, 0.05) is 6.20 Å². The van der Waals surface area contributed by atoms with E-state index in [9.17, 15) is 9.18 Å². The number of H-pyrrole nitrogens is 1. The number of benzene rings is 1. The molecule has 1 N–H and O–H groups in total. The van der Waals surface area contributed by atoms with Gasteiger partial charge in [-0.15, -0.1) is 0 Å². The highest BCUT2D eigenvalue weighted by Crippen LogP contribution is 2.15. The van der Waals surface area contributed by atoms with Gasteiger partial charge in [-0.25, -0.2) is 9.18 Å². The topological polar surface area (TPSA) is 50.7 Å². The van der Waals surface area contributed by atoms with Gasteiger partial charge in [0.2, 0.25) is 0 Å². The van der Waals surface area contributed by atoms with E-state index in [2.05, 4.69) is 9.97 Å². The van der Waals surface area contributed by atoms with Gasteiger partial charge in [0.15, 0.2) is 0 Å². The average molecular weight is 229 g/mol. The van der Waals surface area contributed by atoms with E-state index in [1.54, 1.807) is 30.6 Å². The summed E-state index contributed by atoms with van der Waals surface area (Å²) in [5.41, 5.74) is 1.44. The molecule has 84 valence electrons. The minimum absolute atomic E-state index is 0.307. The normalized spacial score (nSPS) is 10.9. The van der Waals surface area contributed by atoms with E-state index in [1.807, 2.05) is 0 Å². The molecule has 0 spiro atoms. The maximum Gasteiger partial charge on any atom is 0.331 e. The van der Waals surface area contributed by atoms with Gasteiger partial charge in [-0.1, -0.05) is 0 Å². The second-order valence-electron chi connectivity index (χ2n) is 3.64. The van der Waals surface area contributed by atoms with Crippen LogP contribution in [0.2, 0.25) is 0 Å². The molecule has 0 bridgehead atoms. The molecule has 0 amide bonds. The molecule has 0 radical (unpaired) electrons. The van der Waals surface area contributed by atoms with E-state index in [0.29, 0.717) is 16.7 Å². The number of hydrogen-bond donors (Lipinski definition) is 1. The number of halogens is 1. The van der Waals surface area contributed by atoms with Gasteiger partial charge in [-0.2, -0.15) is 0 Å². The van der Waals surface area contributed by atoms with Gasteiger partial charge in [0.05, 0.1) is 22.9 Å². The lowest BCUT2D eigenvalue weighted by molar-refractivity contribution is 0.629. The SMILES string of the molecule is O=c1[nH]c2cc(F)ccc2n1-c1cccnc1. The molecule has 5 heteroatoms. The Morgan fingerprint density at radius 2 is 2.18 bits per heavy atom. The third-order valence-corrected chi connectivity index (χ3v) is 2.55. The van der Waals surface area contributed by atoms with Crippen molar-refractivity contribution in [3.63, 3.8) is 0 Å². The first-order chi connectivity index (χ1) is 8.25. The van der Waals surface area contributed by atoms with Crippen molar-refractivity contribution < 1.29 is 4.39 Å². The molecule has 0 aliphatic carbocycles. The molecule has 0 unspecified atom stereocenters. The highest BCUT2D eigenvalue weighted by molar-refractivity contribution is 5.77. The van der Waals surface area contributed by atoms with Gasteiger partial charge >= 0.3 is 5.69 Å². The highest BCUT2D eigenvalue weighted by atomic mass is 19.1. The van der Waals surface area contributed by atoms with Crippen LogP contribution in [0.25, 0.3) is 16.7 Å². The Bertz CT molecular complexity index is 730. The van der Waals surface area contributed by atoms with Crippen molar-refractivity contribution in [1.29, 1.82) is 0 Å². The Labute approximate surface area is 95.4 Å². The largest absolute Gasteiger partial charge is 0.331 e. The number of imidazole rings is 1. The third-order valence-electron chi connectivity index (χ3n) is 2.55. The minimum Gasteiger partial charge on any atom is -0.305 e. The van der Waals surface area contributed by atoms with Crippen LogP contribution in [0, 0.1) is 5.82 Å². The lowest BCUT2D eigenvalue weighted by Crippen LogP contribution is -2.14. The summed E-state index contributed by atoms with van der Waals surface area (Å²) in [7, 11) is 0. The summed E-state index contributed by atoms with van der Waals surface area (Å²) >= 11 is 0. The molecule has 2 heterocycles. The fourth-order valence-corrected chi connectivity index (χ4v) is 1.83. The van der Waals surface area contributed by atoms with E-state index < -0.39 is 0 Å². The van der Waals surface area contributed by atoms with Crippen molar-refractivity contribution in [3.8, 4) is 5.69 Å². The number of pyridine rings is 1. The molecule has 4 nitrogen and oxygen atoms in total. The molecular weight excluding hydrogens is 221 g/mol. The molecule has 2 aromatic heterocycles. The molecule has 0 aliphatic heterocycles. The summed E-state index contributed by atoms with van der Waals surface area (Å²) in [6.07, 6.45) is 3.21. The molecule has 0 atom stereocenters. The van der Waals surface area contributed by atoms with Crippen molar-refractivity contribution in [2.45, 2.75) is 0 Å². The zero-order chi connectivity index (χ0) is 11.8. The molecule has 17 heavy (non-hydrogen) atoms. The first kappa shape index (κ1) is 9.77. The smallest absolute Gasteiger partial charge is 0.305 e.